The van der Waals surface area contributed by atoms with Gasteiger partial charge in [-0.2, -0.15) is 0 Å². The van der Waals surface area contributed by atoms with Crippen LogP contribution in [0.3, 0.4) is 0 Å². The highest BCUT2D eigenvalue weighted by Gasteiger charge is 2.31. The molecule has 0 bridgehead atoms. The number of fused-ring (bicyclic) bond motifs is 2. The summed E-state index contributed by atoms with van der Waals surface area (Å²) in [5.74, 6) is 0.716. The molecule has 49 heavy (non-hydrogen) atoms. The number of aliphatic hydroxyl groups is 1. The number of carbonyl (C=O) groups excluding carboxylic acids is 3. The van der Waals surface area contributed by atoms with Gasteiger partial charge >= 0.3 is 6.03 Å². The van der Waals surface area contributed by atoms with Crippen LogP contribution in [0.5, 0.6) is 17.2 Å². The number of carbonyl (C=O) groups is 3. The molecule has 0 unspecified atom stereocenters. The van der Waals surface area contributed by atoms with Crippen molar-refractivity contribution in [3.8, 4) is 17.2 Å². The van der Waals surface area contributed by atoms with Crippen molar-refractivity contribution in [2.24, 2.45) is 5.92 Å². The van der Waals surface area contributed by atoms with E-state index >= 15 is 0 Å². The van der Waals surface area contributed by atoms with Gasteiger partial charge in [-0.1, -0.05) is 25.1 Å². The number of hydrogen-bond donors (Lipinski definition) is 3. The molecule has 0 aromatic heterocycles. The Bertz CT molecular complexity index is 1600. The average molecular weight is 675 g/mol. The van der Waals surface area contributed by atoms with Crippen LogP contribution in [0.1, 0.15) is 60.7 Å². The van der Waals surface area contributed by atoms with Crippen LogP contribution >= 0.6 is 0 Å². The fourth-order valence-electron chi connectivity index (χ4n) is 5.80. The summed E-state index contributed by atoms with van der Waals surface area (Å²) in [5, 5.41) is 16.0. The Balaban J connectivity index is 1.36. The molecule has 0 fully saturated rings. The van der Waals surface area contributed by atoms with Gasteiger partial charge in [-0.15, -0.1) is 0 Å². The largest absolute Gasteiger partial charge is 0.490 e. The van der Waals surface area contributed by atoms with Crippen molar-refractivity contribution < 1.29 is 38.4 Å². The summed E-state index contributed by atoms with van der Waals surface area (Å²) in [4.78, 5) is 43.7. The molecule has 12 heteroatoms. The number of amides is 4. The third-order valence-electron chi connectivity index (χ3n) is 8.77. The van der Waals surface area contributed by atoms with E-state index in [1.165, 1.54) is 0 Å². The highest BCUT2D eigenvalue weighted by atomic mass is 16.7. The quantitative estimate of drug-likeness (QED) is 0.293. The molecule has 3 N–H and O–H groups in total. The number of rotatable bonds is 7. The number of nitrogens with one attached hydrogen (secondary N) is 2. The lowest BCUT2D eigenvalue weighted by Gasteiger charge is -2.35. The van der Waals surface area contributed by atoms with Crippen LogP contribution < -0.4 is 24.8 Å². The highest BCUT2D eigenvalue weighted by Crippen LogP contribution is 2.34. The van der Waals surface area contributed by atoms with Crippen LogP contribution in [-0.4, -0.2) is 91.1 Å². The Hall–Kier alpha value is -4.81. The number of urea groups is 1. The molecule has 3 aromatic carbocycles. The smallest absolute Gasteiger partial charge is 0.321 e. The molecule has 2 aliphatic heterocycles. The van der Waals surface area contributed by atoms with E-state index in [4.69, 9.17) is 18.9 Å². The second-order valence-electron chi connectivity index (χ2n) is 12.7. The standard InChI is InChI=1S/C37H46N4O8/c1-24-20-41(25(2)22-42)36(44)30-18-28(38-35(43)27-11-6-5-7-12-27)13-15-31(30)49-26(3)10-8-9-17-46-34(24)21-40(4)37(45)39-29-14-16-32-33(19-29)48-23-47-32/h5-7,11-16,18-19,24-26,34,42H,8-10,17,20-23H2,1-4H3,(H,38,43)(H,39,45)/t24-,25-,26-,34+/m0/s1. The van der Waals surface area contributed by atoms with E-state index in [1.807, 2.05) is 19.9 Å². The SMILES string of the molecule is C[C@H]1CCCCO[C@H](CN(C)C(=O)Nc2ccc3c(c2)OCO3)[C@@H](C)CN([C@@H](C)CO)C(=O)c2cc(NC(=O)c3ccccc3)ccc2O1. The molecule has 0 radical (unpaired) electrons. The molecule has 0 aliphatic carbocycles. The summed E-state index contributed by atoms with van der Waals surface area (Å²) in [5.41, 5.74) is 1.78. The van der Waals surface area contributed by atoms with Gasteiger partial charge < -0.3 is 44.5 Å². The van der Waals surface area contributed by atoms with E-state index in [-0.39, 0.29) is 61.9 Å². The number of likely N-dealkylation sites (N-methyl/N-ethyl adjacent to an activating group) is 1. The lowest BCUT2D eigenvalue weighted by Crippen LogP contribution is -2.48. The van der Waals surface area contributed by atoms with E-state index in [2.05, 4.69) is 10.6 Å². The van der Waals surface area contributed by atoms with Crippen molar-refractivity contribution in [1.82, 2.24) is 9.80 Å². The van der Waals surface area contributed by atoms with Crippen molar-refractivity contribution >= 4 is 29.2 Å². The molecule has 0 saturated heterocycles. The first kappa shape index (κ1) is 35.5. The minimum absolute atomic E-state index is 0.140. The number of aliphatic hydroxyl groups excluding tert-OH is 1. The Morgan fingerprint density at radius 3 is 2.43 bits per heavy atom. The summed E-state index contributed by atoms with van der Waals surface area (Å²) >= 11 is 0. The first-order chi connectivity index (χ1) is 23.6. The van der Waals surface area contributed by atoms with Crippen LogP contribution in [0.25, 0.3) is 0 Å². The lowest BCUT2D eigenvalue weighted by molar-refractivity contribution is -0.0115. The van der Waals surface area contributed by atoms with Crippen molar-refractivity contribution in [1.29, 1.82) is 0 Å². The van der Waals surface area contributed by atoms with Crippen LogP contribution in [0.2, 0.25) is 0 Å². The summed E-state index contributed by atoms with van der Waals surface area (Å²) in [6, 6.07) is 18.2. The monoisotopic (exact) mass is 674 g/mol. The van der Waals surface area contributed by atoms with Gasteiger partial charge in [0.25, 0.3) is 11.8 Å². The van der Waals surface area contributed by atoms with Gasteiger partial charge in [-0.05, 0) is 75.6 Å². The van der Waals surface area contributed by atoms with Crippen molar-refractivity contribution in [3.63, 3.8) is 0 Å². The number of benzene rings is 3. The molecule has 3 aromatic rings. The molecule has 2 aliphatic rings. The zero-order valence-electron chi connectivity index (χ0n) is 28.5. The number of hydrogen-bond acceptors (Lipinski definition) is 8. The van der Waals surface area contributed by atoms with Crippen molar-refractivity contribution in [2.75, 3.05) is 50.8 Å². The summed E-state index contributed by atoms with van der Waals surface area (Å²) in [7, 11) is 1.70. The predicted octanol–water partition coefficient (Wildman–Crippen LogP) is 5.63. The molecule has 4 atom stereocenters. The molecular formula is C37H46N4O8. The fraction of sp³-hybridized carbons (Fsp3) is 0.432. The van der Waals surface area contributed by atoms with Gasteiger partial charge in [0, 0.05) is 55.7 Å². The van der Waals surface area contributed by atoms with Gasteiger partial charge in [0.15, 0.2) is 11.5 Å². The first-order valence-corrected chi connectivity index (χ1v) is 16.7. The predicted molar refractivity (Wildman–Crippen MR) is 185 cm³/mol. The van der Waals surface area contributed by atoms with E-state index in [0.29, 0.717) is 40.8 Å². The van der Waals surface area contributed by atoms with Gasteiger partial charge in [-0.3, -0.25) is 9.59 Å². The van der Waals surface area contributed by atoms with Gasteiger partial charge in [0.1, 0.15) is 5.75 Å². The van der Waals surface area contributed by atoms with Crippen LogP contribution in [-0.2, 0) is 4.74 Å². The van der Waals surface area contributed by atoms with Crippen molar-refractivity contribution in [3.05, 3.63) is 77.9 Å². The van der Waals surface area contributed by atoms with Crippen LogP contribution in [0.4, 0.5) is 16.2 Å². The zero-order valence-corrected chi connectivity index (χ0v) is 28.5. The summed E-state index contributed by atoms with van der Waals surface area (Å²) < 4.78 is 23.5. The molecule has 2 heterocycles. The van der Waals surface area contributed by atoms with E-state index < -0.39 is 12.1 Å². The average Bonchev–Trinajstić information content (AvgIpc) is 3.58. The highest BCUT2D eigenvalue weighted by molar-refractivity contribution is 6.05. The normalized spacial score (nSPS) is 20.3. The van der Waals surface area contributed by atoms with Gasteiger partial charge in [0.2, 0.25) is 6.79 Å². The first-order valence-electron chi connectivity index (χ1n) is 16.7. The maximum atomic E-state index is 14.4. The van der Waals surface area contributed by atoms with E-state index in [0.717, 1.165) is 19.3 Å². The van der Waals surface area contributed by atoms with Crippen LogP contribution in [0, 0.1) is 5.92 Å². The molecule has 4 amide bonds. The van der Waals surface area contributed by atoms with Gasteiger partial charge in [0.05, 0.1) is 30.4 Å². The minimum atomic E-state index is -0.539. The second kappa shape index (κ2) is 16.5. The Morgan fingerprint density at radius 2 is 1.67 bits per heavy atom. The molecule has 0 spiro atoms. The van der Waals surface area contributed by atoms with E-state index in [1.54, 1.807) is 84.4 Å². The minimum Gasteiger partial charge on any atom is -0.490 e. The zero-order chi connectivity index (χ0) is 34.9. The summed E-state index contributed by atoms with van der Waals surface area (Å²) in [6.07, 6.45) is 1.75. The molecule has 5 rings (SSSR count). The maximum Gasteiger partial charge on any atom is 0.321 e. The van der Waals surface area contributed by atoms with Crippen LogP contribution in [0.15, 0.2) is 66.7 Å². The summed E-state index contributed by atoms with van der Waals surface area (Å²) in [6.45, 7) is 6.56. The fourth-order valence-corrected chi connectivity index (χ4v) is 5.80. The molecule has 0 saturated carbocycles. The van der Waals surface area contributed by atoms with E-state index in [9.17, 15) is 19.5 Å². The Labute approximate surface area is 287 Å². The topological polar surface area (TPSA) is 139 Å². The molecule has 12 nitrogen and oxygen atoms in total. The third-order valence-corrected chi connectivity index (χ3v) is 8.77. The van der Waals surface area contributed by atoms with Gasteiger partial charge in [-0.25, -0.2) is 4.79 Å². The molecular weight excluding hydrogens is 628 g/mol. The second-order valence-corrected chi connectivity index (χ2v) is 12.7. The third kappa shape index (κ3) is 9.21. The Morgan fingerprint density at radius 1 is 0.959 bits per heavy atom. The number of nitrogens with zero attached hydrogens (tertiary/aromatic N) is 2. The maximum absolute atomic E-state index is 14.4. The lowest BCUT2D eigenvalue weighted by atomic mass is 10.0. The number of ether oxygens (including phenoxy) is 4. The Kier molecular flexibility index (Phi) is 12.0. The molecule has 262 valence electrons. The number of anilines is 2. The van der Waals surface area contributed by atoms with Crippen molar-refractivity contribution in [2.45, 2.75) is 58.3 Å².